The predicted octanol–water partition coefficient (Wildman–Crippen LogP) is 3.29. The van der Waals surface area contributed by atoms with Crippen molar-refractivity contribution in [3.05, 3.63) is 23.8 Å². The highest BCUT2D eigenvalue weighted by molar-refractivity contribution is 5.97. The van der Waals surface area contributed by atoms with Crippen molar-refractivity contribution in [2.45, 2.75) is 77.5 Å². The summed E-state index contributed by atoms with van der Waals surface area (Å²) in [6.45, 7) is 14.0. The number of carboxylic acids is 1. The Bertz CT molecular complexity index is 974. The molecule has 1 N–H and O–H groups in total. The molecule has 4 atom stereocenters. The molecule has 2 unspecified atom stereocenters. The van der Waals surface area contributed by atoms with Gasteiger partial charge in [0.15, 0.2) is 0 Å². The summed E-state index contributed by atoms with van der Waals surface area (Å²) >= 11 is 0. The van der Waals surface area contributed by atoms with Gasteiger partial charge in [0.1, 0.15) is 11.4 Å². The van der Waals surface area contributed by atoms with Crippen LogP contribution in [0.25, 0.3) is 0 Å². The van der Waals surface area contributed by atoms with E-state index in [0.717, 1.165) is 32.5 Å². The lowest BCUT2D eigenvalue weighted by Gasteiger charge is -2.53. The van der Waals surface area contributed by atoms with Gasteiger partial charge in [-0.25, -0.2) is 14.5 Å². The summed E-state index contributed by atoms with van der Waals surface area (Å²) in [7, 11) is 0. The first-order valence-electron chi connectivity index (χ1n) is 12.8. The molecule has 1 amide bonds. The summed E-state index contributed by atoms with van der Waals surface area (Å²) in [6, 6.07) is 5.50. The fourth-order valence-electron chi connectivity index (χ4n) is 6.37. The number of piperazine rings is 1. The van der Waals surface area contributed by atoms with Crippen LogP contribution < -0.4 is 9.64 Å². The molecule has 5 aliphatic heterocycles. The summed E-state index contributed by atoms with van der Waals surface area (Å²) in [6.07, 6.45) is 1.53. The SMILES string of the molecule is C[C@H]1CN(C(=O)OC(C)(C)C)C[C@H](C)N1C1Oc2cccc(C(=O)O)c2N1C1CN2CCC1CC2. The molecule has 2 bridgehead atoms. The molecular weight excluding hydrogens is 448 g/mol. The molecule has 1 aromatic carbocycles. The van der Waals surface area contributed by atoms with Gasteiger partial charge in [0.25, 0.3) is 0 Å². The number of para-hydroxylation sites is 1. The van der Waals surface area contributed by atoms with Crippen LogP contribution in [0.2, 0.25) is 0 Å². The van der Waals surface area contributed by atoms with E-state index in [-0.39, 0.29) is 29.8 Å². The van der Waals surface area contributed by atoms with Crippen LogP contribution in [-0.4, -0.2) is 94.7 Å². The zero-order chi connectivity index (χ0) is 25.1. The Morgan fingerprint density at radius 1 is 1.06 bits per heavy atom. The van der Waals surface area contributed by atoms with E-state index in [1.54, 1.807) is 17.0 Å². The number of carboxylic acid groups (broad SMARTS) is 1. The number of carbonyl (C=O) groups is 2. The number of ether oxygens (including phenoxy) is 2. The highest BCUT2D eigenvalue weighted by Gasteiger charge is 2.50. The van der Waals surface area contributed by atoms with Gasteiger partial charge in [-0.3, -0.25) is 0 Å². The average molecular weight is 487 g/mol. The molecule has 192 valence electrons. The highest BCUT2D eigenvalue weighted by Crippen LogP contribution is 2.46. The van der Waals surface area contributed by atoms with E-state index in [2.05, 4.69) is 28.5 Å². The summed E-state index contributed by atoms with van der Waals surface area (Å²) < 4.78 is 12.2. The highest BCUT2D eigenvalue weighted by atomic mass is 16.6. The van der Waals surface area contributed by atoms with Crippen molar-refractivity contribution in [3.8, 4) is 5.75 Å². The molecule has 0 aliphatic carbocycles. The quantitative estimate of drug-likeness (QED) is 0.697. The maximum absolute atomic E-state index is 12.8. The number of aromatic carboxylic acids is 1. The number of carbonyl (C=O) groups excluding carboxylic acids is 1. The molecule has 0 radical (unpaired) electrons. The molecule has 35 heavy (non-hydrogen) atoms. The predicted molar refractivity (Wildman–Crippen MR) is 132 cm³/mol. The molecule has 5 heterocycles. The smallest absolute Gasteiger partial charge is 0.410 e. The summed E-state index contributed by atoms with van der Waals surface area (Å²) in [5, 5.41) is 10.0. The van der Waals surface area contributed by atoms with E-state index < -0.39 is 17.9 Å². The number of anilines is 1. The fraction of sp³-hybridized carbons (Fsp3) is 0.692. The Hall–Kier alpha value is -2.52. The van der Waals surface area contributed by atoms with Gasteiger partial charge < -0.3 is 29.3 Å². The molecule has 0 saturated carbocycles. The molecule has 6 rings (SSSR count). The maximum Gasteiger partial charge on any atom is 0.410 e. The van der Waals surface area contributed by atoms with Gasteiger partial charge in [-0.2, -0.15) is 0 Å². The minimum Gasteiger partial charge on any atom is -0.478 e. The van der Waals surface area contributed by atoms with Crippen LogP contribution >= 0.6 is 0 Å². The molecule has 0 aromatic heterocycles. The minimum atomic E-state index is -0.937. The van der Waals surface area contributed by atoms with Crippen LogP contribution in [0.3, 0.4) is 0 Å². The lowest BCUT2D eigenvalue weighted by Crippen LogP contribution is -2.68. The molecule has 4 saturated heterocycles. The van der Waals surface area contributed by atoms with Gasteiger partial charge in [0.2, 0.25) is 6.35 Å². The Morgan fingerprint density at radius 3 is 2.26 bits per heavy atom. The number of nitrogens with zero attached hydrogens (tertiary/aromatic N) is 4. The molecule has 9 nitrogen and oxygen atoms in total. The van der Waals surface area contributed by atoms with Gasteiger partial charge in [-0.05, 0) is 78.6 Å². The lowest BCUT2D eigenvalue weighted by molar-refractivity contribution is -0.0740. The third kappa shape index (κ3) is 4.44. The Morgan fingerprint density at radius 2 is 1.71 bits per heavy atom. The van der Waals surface area contributed by atoms with Crippen molar-refractivity contribution in [3.63, 3.8) is 0 Å². The third-order valence-electron chi connectivity index (χ3n) is 7.83. The number of amides is 1. The van der Waals surface area contributed by atoms with Crippen molar-refractivity contribution in [1.29, 1.82) is 0 Å². The van der Waals surface area contributed by atoms with Gasteiger partial charge in [0, 0.05) is 37.8 Å². The summed E-state index contributed by atoms with van der Waals surface area (Å²) in [5.41, 5.74) is 0.434. The Balaban J connectivity index is 1.46. The van der Waals surface area contributed by atoms with E-state index in [0.29, 0.717) is 30.4 Å². The van der Waals surface area contributed by atoms with E-state index in [9.17, 15) is 14.7 Å². The van der Waals surface area contributed by atoms with Crippen LogP contribution in [0.5, 0.6) is 5.75 Å². The maximum atomic E-state index is 12.8. The number of piperidine rings is 3. The van der Waals surface area contributed by atoms with Gasteiger partial charge >= 0.3 is 12.1 Å². The minimum absolute atomic E-state index is 0.00226. The first-order valence-corrected chi connectivity index (χ1v) is 12.8. The largest absolute Gasteiger partial charge is 0.478 e. The van der Waals surface area contributed by atoms with E-state index in [1.807, 2.05) is 26.8 Å². The van der Waals surface area contributed by atoms with Crippen molar-refractivity contribution in [2.24, 2.45) is 5.92 Å². The van der Waals surface area contributed by atoms with Crippen LogP contribution in [0.4, 0.5) is 10.5 Å². The number of hydrogen-bond acceptors (Lipinski definition) is 7. The first-order chi connectivity index (χ1) is 16.5. The first kappa shape index (κ1) is 24.2. The third-order valence-corrected chi connectivity index (χ3v) is 7.83. The monoisotopic (exact) mass is 486 g/mol. The molecule has 5 aliphatic rings. The number of rotatable bonds is 3. The number of benzene rings is 1. The van der Waals surface area contributed by atoms with Crippen molar-refractivity contribution < 1.29 is 24.2 Å². The second-order valence-electron chi connectivity index (χ2n) is 11.5. The average Bonchev–Trinajstić information content (AvgIpc) is 3.17. The lowest BCUT2D eigenvalue weighted by atomic mass is 9.82. The summed E-state index contributed by atoms with van der Waals surface area (Å²) in [4.78, 5) is 33.9. The molecule has 4 fully saturated rings. The van der Waals surface area contributed by atoms with Gasteiger partial charge in [-0.1, -0.05) is 6.07 Å². The van der Waals surface area contributed by atoms with E-state index >= 15 is 0 Å². The Labute approximate surface area is 207 Å². The zero-order valence-electron chi connectivity index (χ0n) is 21.4. The second kappa shape index (κ2) is 8.85. The number of fused-ring (bicyclic) bond motifs is 4. The normalized spacial score (nSPS) is 32.8. The van der Waals surface area contributed by atoms with E-state index in [4.69, 9.17) is 9.47 Å². The molecular formula is C26H38N4O5. The molecule has 9 heteroatoms. The standard InChI is InChI=1S/C26H38N4O5/c1-16-13-28(25(33)35-26(3,4)5)14-17(2)29(16)24-30(20-15-27-11-9-18(20)10-12-27)22-19(23(31)32)7-6-8-21(22)34-24/h6-8,16-18,20,24H,9-15H2,1-5H3,(H,31,32)/t16-,17-,20?,24?/m0/s1. The molecule has 1 aromatic rings. The van der Waals surface area contributed by atoms with Crippen LogP contribution in [0.15, 0.2) is 18.2 Å². The van der Waals surface area contributed by atoms with Gasteiger partial charge in [0.05, 0.1) is 11.3 Å². The zero-order valence-corrected chi connectivity index (χ0v) is 21.4. The van der Waals surface area contributed by atoms with Crippen LogP contribution in [0, 0.1) is 5.92 Å². The van der Waals surface area contributed by atoms with Crippen molar-refractivity contribution >= 4 is 17.7 Å². The van der Waals surface area contributed by atoms with Crippen LogP contribution in [0.1, 0.15) is 57.8 Å². The number of hydrogen-bond donors (Lipinski definition) is 1. The van der Waals surface area contributed by atoms with E-state index in [1.165, 1.54) is 0 Å². The van der Waals surface area contributed by atoms with Gasteiger partial charge in [-0.15, -0.1) is 0 Å². The summed E-state index contributed by atoms with van der Waals surface area (Å²) in [5.74, 6) is 0.195. The Kier molecular flexibility index (Phi) is 6.12. The van der Waals surface area contributed by atoms with Crippen molar-refractivity contribution in [1.82, 2.24) is 14.7 Å². The second-order valence-corrected chi connectivity index (χ2v) is 11.5. The van der Waals surface area contributed by atoms with Crippen LogP contribution in [-0.2, 0) is 4.74 Å². The van der Waals surface area contributed by atoms with Crippen molar-refractivity contribution in [2.75, 3.05) is 37.6 Å². The molecule has 0 spiro atoms. The fourth-order valence-corrected chi connectivity index (χ4v) is 6.37. The topological polar surface area (TPSA) is 85.8 Å².